The summed E-state index contributed by atoms with van der Waals surface area (Å²) >= 11 is 0. The van der Waals surface area contributed by atoms with Crippen LogP contribution < -0.4 is 5.32 Å². The van der Waals surface area contributed by atoms with Gasteiger partial charge in [-0.2, -0.15) is 8.42 Å². The highest BCUT2D eigenvalue weighted by Gasteiger charge is 2.27. The molecule has 0 aliphatic carbocycles. The fraction of sp³-hybridized carbons (Fsp3) is 0.878. The molecule has 49 heavy (non-hydrogen) atoms. The van der Waals surface area contributed by atoms with Gasteiger partial charge in [-0.25, -0.2) is 0 Å². The van der Waals surface area contributed by atoms with Crippen LogP contribution in [-0.4, -0.2) is 53.1 Å². The van der Waals surface area contributed by atoms with Gasteiger partial charge in [-0.15, -0.1) is 0 Å². The number of hydrogen-bond donors (Lipinski definition) is 4. The van der Waals surface area contributed by atoms with Gasteiger partial charge in [-0.05, 0) is 32.1 Å². The Hall–Kier alpha value is -1.22. The maximum Gasteiger partial charge on any atom is 0.267 e. The standard InChI is InChI=1S/C41H79NO6S/c1-3-5-7-9-11-13-15-17-18-19-20-21-22-24-25-27-29-31-33-35-39(43)38(37-49(46,47)48)42-41(45)40(44)36-34-32-30-28-26-23-16-14-12-10-8-6-4-2/h25,27,33,35,38-40,43-44H,3-24,26,28-32,34,36-37H2,1-2H3,(H,42,45)(H,46,47,48)/b27-25+,35-33+. The second-order valence-electron chi connectivity index (χ2n) is 14.4. The van der Waals surface area contributed by atoms with Crippen LogP contribution in [0.1, 0.15) is 206 Å². The second-order valence-corrected chi connectivity index (χ2v) is 15.9. The quantitative estimate of drug-likeness (QED) is 0.0289. The number of carbonyl (C=O) groups is 1. The van der Waals surface area contributed by atoms with Crippen molar-refractivity contribution in [3.8, 4) is 0 Å². The molecule has 1 amide bonds. The molecule has 0 spiro atoms. The van der Waals surface area contributed by atoms with Gasteiger partial charge in [0.15, 0.2) is 0 Å². The van der Waals surface area contributed by atoms with Crippen LogP contribution in [0.25, 0.3) is 0 Å². The molecule has 7 nitrogen and oxygen atoms in total. The number of rotatable bonds is 37. The summed E-state index contributed by atoms with van der Waals surface area (Å²) in [6, 6.07) is -1.24. The topological polar surface area (TPSA) is 124 Å². The van der Waals surface area contributed by atoms with Gasteiger partial charge in [-0.3, -0.25) is 9.35 Å². The SMILES string of the molecule is CCCCCCCCCCCCCCC/C=C/CC/C=C/C(O)C(CS(=O)(=O)O)NC(=O)C(O)CCCCCCCCCCCCCCC. The Labute approximate surface area is 303 Å². The van der Waals surface area contributed by atoms with E-state index in [1.165, 1.54) is 147 Å². The van der Waals surface area contributed by atoms with E-state index in [-0.39, 0.29) is 6.42 Å². The molecule has 0 aliphatic heterocycles. The van der Waals surface area contributed by atoms with E-state index in [1.54, 1.807) is 6.08 Å². The fourth-order valence-corrected chi connectivity index (χ4v) is 7.03. The molecule has 0 aliphatic rings. The van der Waals surface area contributed by atoms with Crippen molar-refractivity contribution in [3.63, 3.8) is 0 Å². The number of carbonyl (C=O) groups excluding carboxylic acids is 1. The molecular weight excluding hydrogens is 635 g/mol. The molecule has 0 saturated carbocycles. The number of allylic oxidation sites excluding steroid dienone is 3. The van der Waals surface area contributed by atoms with E-state index in [4.69, 9.17) is 0 Å². The van der Waals surface area contributed by atoms with E-state index in [1.807, 2.05) is 0 Å². The van der Waals surface area contributed by atoms with E-state index < -0.39 is 40.0 Å². The van der Waals surface area contributed by atoms with Crippen LogP contribution >= 0.6 is 0 Å². The van der Waals surface area contributed by atoms with Gasteiger partial charge in [0.1, 0.15) is 6.10 Å². The Kier molecular flexibility index (Phi) is 34.3. The zero-order valence-electron chi connectivity index (χ0n) is 31.9. The minimum Gasteiger partial charge on any atom is -0.387 e. The highest BCUT2D eigenvalue weighted by molar-refractivity contribution is 7.85. The van der Waals surface area contributed by atoms with Crippen LogP contribution in [0.3, 0.4) is 0 Å². The van der Waals surface area contributed by atoms with Gasteiger partial charge in [0.05, 0.1) is 17.9 Å². The van der Waals surface area contributed by atoms with Gasteiger partial charge in [0, 0.05) is 0 Å². The molecule has 3 atom stereocenters. The van der Waals surface area contributed by atoms with E-state index in [9.17, 15) is 28.0 Å². The average Bonchev–Trinajstić information content (AvgIpc) is 3.06. The number of aliphatic hydroxyl groups excluding tert-OH is 2. The Balaban J connectivity index is 4.07. The Bertz CT molecular complexity index is 890. The van der Waals surface area contributed by atoms with Crippen LogP contribution in [0.5, 0.6) is 0 Å². The number of nitrogens with one attached hydrogen (secondary N) is 1. The molecule has 0 aromatic carbocycles. The zero-order valence-corrected chi connectivity index (χ0v) is 32.8. The average molecular weight is 714 g/mol. The van der Waals surface area contributed by atoms with Crippen molar-refractivity contribution in [1.82, 2.24) is 5.32 Å². The first-order valence-corrected chi connectivity index (χ1v) is 22.3. The highest BCUT2D eigenvalue weighted by atomic mass is 32.2. The maximum atomic E-state index is 12.6. The first kappa shape index (κ1) is 47.8. The summed E-state index contributed by atoms with van der Waals surface area (Å²) < 4.78 is 32.5. The molecule has 8 heteroatoms. The van der Waals surface area contributed by atoms with Crippen molar-refractivity contribution in [2.75, 3.05) is 5.75 Å². The summed E-state index contributed by atoms with van der Waals surface area (Å²) in [5, 5.41) is 23.3. The first-order valence-electron chi connectivity index (χ1n) is 20.6. The van der Waals surface area contributed by atoms with Crippen molar-refractivity contribution < 1.29 is 28.0 Å². The summed E-state index contributed by atoms with van der Waals surface area (Å²) in [5.74, 6) is -1.55. The van der Waals surface area contributed by atoms with E-state index in [0.717, 1.165) is 32.1 Å². The molecule has 290 valence electrons. The summed E-state index contributed by atoms with van der Waals surface area (Å²) in [5.41, 5.74) is 0. The van der Waals surface area contributed by atoms with E-state index in [0.29, 0.717) is 12.8 Å². The molecular formula is C41H79NO6S. The molecule has 4 N–H and O–H groups in total. The monoisotopic (exact) mass is 714 g/mol. The van der Waals surface area contributed by atoms with E-state index in [2.05, 4.69) is 31.3 Å². The minimum atomic E-state index is -4.45. The predicted octanol–water partition coefficient (Wildman–Crippen LogP) is 10.9. The molecule has 0 aromatic rings. The van der Waals surface area contributed by atoms with Gasteiger partial charge < -0.3 is 15.5 Å². The third kappa shape index (κ3) is 35.0. The van der Waals surface area contributed by atoms with Crippen molar-refractivity contribution in [1.29, 1.82) is 0 Å². The molecule has 0 aromatic heterocycles. The number of aliphatic hydroxyl groups is 2. The van der Waals surface area contributed by atoms with Crippen LogP contribution in [-0.2, 0) is 14.9 Å². The number of unbranched alkanes of at least 4 members (excludes halogenated alkanes) is 26. The van der Waals surface area contributed by atoms with Crippen LogP contribution in [0, 0.1) is 0 Å². The normalized spacial score (nSPS) is 14.1. The number of hydrogen-bond acceptors (Lipinski definition) is 5. The van der Waals surface area contributed by atoms with Crippen molar-refractivity contribution >= 4 is 16.0 Å². The lowest BCUT2D eigenvalue weighted by atomic mass is 10.0. The first-order chi connectivity index (χ1) is 23.7. The summed E-state index contributed by atoms with van der Waals surface area (Å²) in [7, 11) is -4.45. The molecule has 0 rings (SSSR count). The Morgan fingerprint density at radius 1 is 0.551 bits per heavy atom. The van der Waals surface area contributed by atoms with Gasteiger partial charge in [-0.1, -0.05) is 199 Å². The van der Waals surface area contributed by atoms with Crippen LogP contribution in [0.4, 0.5) is 0 Å². The number of amides is 1. The molecule has 0 heterocycles. The maximum absolute atomic E-state index is 12.6. The Morgan fingerprint density at radius 2 is 0.918 bits per heavy atom. The zero-order chi connectivity index (χ0) is 36.3. The smallest absolute Gasteiger partial charge is 0.267 e. The van der Waals surface area contributed by atoms with Gasteiger partial charge in [0.25, 0.3) is 10.1 Å². The lowest BCUT2D eigenvalue weighted by Gasteiger charge is -2.22. The highest BCUT2D eigenvalue weighted by Crippen LogP contribution is 2.15. The van der Waals surface area contributed by atoms with Gasteiger partial charge >= 0.3 is 0 Å². The van der Waals surface area contributed by atoms with Gasteiger partial charge in [0.2, 0.25) is 5.91 Å². The second kappa shape index (κ2) is 35.2. The van der Waals surface area contributed by atoms with Crippen LogP contribution in [0.15, 0.2) is 24.3 Å². The molecule has 0 saturated heterocycles. The summed E-state index contributed by atoms with van der Waals surface area (Å²) in [6.45, 7) is 4.51. The Morgan fingerprint density at radius 3 is 1.35 bits per heavy atom. The van der Waals surface area contributed by atoms with Crippen molar-refractivity contribution in [2.45, 2.75) is 225 Å². The lowest BCUT2D eigenvalue weighted by molar-refractivity contribution is -0.130. The largest absolute Gasteiger partial charge is 0.387 e. The van der Waals surface area contributed by atoms with Crippen molar-refractivity contribution in [3.05, 3.63) is 24.3 Å². The molecule has 0 radical (unpaired) electrons. The molecule has 0 fully saturated rings. The third-order valence-corrected chi connectivity index (χ3v) is 10.3. The predicted molar refractivity (Wildman–Crippen MR) is 208 cm³/mol. The fourth-order valence-electron chi connectivity index (χ4n) is 6.30. The molecule has 0 bridgehead atoms. The third-order valence-electron chi connectivity index (χ3n) is 9.49. The van der Waals surface area contributed by atoms with Crippen LogP contribution in [0.2, 0.25) is 0 Å². The summed E-state index contributed by atoms with van der Waals surface area (Å²) in [6.07, 6.45) is 40.9. The summed E-state index contributed by atoms with van der Waals surface area (Å²) in [4.78, 5) is 12.6. The molecule has 3 unspecified atom stereocenters. The van der Waals surface area contributed by atoms with Crippen molar-refractivity contribution in [2.24, 2.45) is 0 Å². The minimum absolute atomic E-state index is 0.278. The lowest BCUT2D eigenvalue weighted by Crippen LogP contribution is -2.50. The van der Waals surface area contributed by atoms with E-state index >= 15 is 0 Å².